The van der Waals surface area contributed by atoms with Crippen LogP contribution in [0.1, 0.15) is 17.3 Å². The van der Waals surface area contributed by atoms with Crippen LogP contribution in [0.25, 0.3) is 22.5 Å². The maximum Gasteiger partial charge on any atom is 0.342 e. The molecule has 2 N–H and O–H groups in total. The number of likely N-dealkylation sites (N-methyl/N-ethyl adjacent to an activating group) is 1. The van der Waals surface area contributed by atoms with E-state index in [4.69, 9.17) is 31.5 Å². The molecule has 0 saturated carbocycles. The van der Waals surface area contributed by atoms with Gasteiger partial charge in [0.15, 0.2) is 17.7 Å². The van der Waals surface area contributed by atoms with Crippen molar-refractivity contribution >= 4 is 35.2 Å². The number of carbonyl (C=O) groups excluding carboxylic acids is 3. The standard InChI is InChI=1S/C26H22ClF2N9O6/c1-4-38(24(41)26(11-43-19(26)20(30)39)44-23(40)13-9-32-25(42-3)33-10-13)22-17(29)5-12(8-31-22)15-6-14(27)7-16(28)18(15)21-34-36-37(2)35-21/h5-10,19H,4,11H2,1-3H3,(H2,30,39). The number of hydrogen-bond acceptors (Lipinski definition) is 12. The van der Waals surface area contributed by atoms with E-state index in [-0.39, 0.29) is 45.7 Å². The molecule has 2 unspecified atom stereocenters. The van der Waals surface area contributed by atoms with Crippen LogP contribution in [0.15, 0.2) is 36.8 Å². The van der Waals surface area contributed by atoms with Crippen molar-refractivity contribution < 1.29 is 37.4 Å². The molecule has 44 heavy (non-hydrogen) atoms. The van der Waals surface area contributed by atoms with Crippen molar-refractivity contribution in [2.75, 3.05) is 25.2 Å². The number of methoxy groups -OCH3 is 1. The van der Waals surface area contributed by atoms with Gasteiger partial charge in [0, 0.05) is 35.7 Å². The molecule has 5 rings (SSSR count). The molecule has 15 nitrogen and oxygen atoms in total. The molecule has 228 valence electrons. The van der Waals surface area contributed by atoms with Crippen molar-refractivity contribution in [3.05, 3.63) is 59.0 Å². The lowest BCUT2D eigenvalue weighted by atomic mass is 9.89. The van der Waals surface area contributed by atoms with Crippen LogP contribution < -0.4 is 15.4 Å². The largest absolute Gasteiger partial charge is 0.467 e. The van der Waals surface area contributed by atoms with E-state index in [0.29, 0.717) is 0 Å². The number of benzene rings is 1. The van der Waals surface area contributed by atoms with E-state index >= 15 is 8.78 Å². The van der Waals surface area contributed by atoms with Gasteiger partial charge in [0.05, 0.1) is 25.3 Å². The van der Waals surface area contributed by atoms with Gasteiger partial charge in [-0.2, -0.15) is 4.80 Å². The topological polar surface area (TPSA) is 190 Å². The molecule has 1 saturated heterocycles. The van der Waals surface area contributed by atoms with Gasteiger partial charge < -0.3 is 19.9 Å². The second kappa shape index (κ2) is 11.8. The number of halogens is 3. The Bertz CT molecular complexity index is 1770. The number of hydrogen-bond donors (Lipinski definition) is 1. The van der Waals surface area contributed by atoms with E-state index in [0.717, 1.165) is 34.2 Å². The fourth-order valence-corrected chi connectivity index (χ4v) is 4.69. The lowest BCUT2D eigenvalue weighted by molar-refractivity contribution is -0.225. The summed E-state index contributed by atoms with van der Waals surface area (Å²) in [5.41, 5.74) is 3.06. The number of amides is 2. The Balaban J connectivity index is 1.51. The zero-order valence-electron chi connectivity index (χ0n) is 23.2. The first-order chi connectivity index (χ1) is 21.0. The van der Waals surface area contributed by atoms with Crippen molar-refractivity contribution in [3.63, 3.8) is 0 Å². The number of rotatable bonds is 9. The third-order valence-corrected chi connectivity index (χ3v) is 6.78. The Morgan fingerprint density at radius 2 is 1.89 bits per heavy atom. The van der Waals surface area contributed by atoms with E-state index in [1.165, 1.54) is 33.3 Å². The molecule has 2 atom stereocenters. The van der Waals surface area contributed by atoms with Crippen LogP contribution in [0.5, 0.6) is 6.01 Å². The summed E-state index contributed by atoms with van der Waals surface area (Å²) < 4.78 is 46.3. The number of aryl methyl sites for hydroxylation is 1. The smallest absolute Gasteiger partial charge is 0.342 e. The normalized spacial score (nSPS) is 17.5. The lowest BCUT2D eigenvalue weighted by Gasteiger charge is -2.46. The van der Waals surface area contributed by atoms with Crippen LogP contribution in [-0.4, -0.2) is 84.9 Å². The van der Waals surface area contributed by atoms with Gasteiger partial charge in [-0.25, -0.2) is 28.5 Å². The van der Waals surface area contributed by atoms with Crippen LogP contribution in [0, 0.1) is 11.6 Å². The second-order valence-electron chi connectivity index (χ2n) is 9.32. The summed E-state index contributed by atoms with van der Waals surface area (Å²) in [5.74, 6) is -5.59. The molecule has 2 amide bonds. The minimum absolute atomic E-state index is 0.00785. The maximum absolute atomic E-state index is 15.7. The lowest BCUT2D eigenvalue weighted by Crippen LogP contribution is -2.72. The summed E-state index contributed by atoms with van der Waals surface area (Å²) >= 11 is 6.09. The molecular formula is C26H22ClF2N9O6. The van der Waals surface area contributed by atoms with Crippen molar-refractivity contribution in [3.8, 4) is 28.5 Å². The minimum atomic E-state index is -2.26. The van der Waals surface area contributed by atoms with Gasteiger partial charge in [-0.3, -0.25) is 14.5 Å². The number of nitrogens with zero attached hydrogens (tertiary/aromatic N) is 8. The monoisotopic (exact) mass is 629 g/mol. The van der Waals surface area contributed by atoms with Gasteiger partial charge in [-0.05, 0) is 35.9 Å². The van der Waals surface area contributed by atoms with Crippen molar-refractivity contribution in [2.45, 2.75) is 18.6 Å². The number of ether oxygens (including phenoxy) is 3. The van der Waals surface area contributed by atoms with Gasteiger partial charge in [0.1, 0.15) is 12.4 Å². The first kappa shape index (κ1) is 30.3. The molecule has 0 spiro atoms. The van der Waals surface area contributed by atoms with Crippen molar-refractivity contribution in [1.82, 2.24) is 35.2 Å². The number of nitrogens with two attached hydrogens (primary N) is 1. The number of primary amides is 1. The minimum Gasteiger partial charge on any atom is -0.467 e. The molecule has 0 aliphatic carbocycles. The second-order valence-corrected chi connectivity index (χ2v) is 9.76. The number of esters is 1. The number of tetrazole rings is 1. The Morgan fingerprint density at radius 1 is 1.16 bits per heavy atom. The van der Waals surface area contributed by atoms with E-state index in [2.05, 4.69) is 30.4 Å². The van der Waals surface area contributed by atoms with Crippen LogP contribution >= 0.6 is 11.6 Å². The van der Waals surface area contributed by atoms with Gasteiger partial charge in [0.25, 0.3) is 11.8 Å². The zero-order chi connectivity index (χ0) is 31.8. The van der Waals surface area contributed by atoms with Crippen LogP contribution in [0.2, 0.25) is 5.02 Å². The Morgan fingerprint density at radius 3 is 2.43 bits per heavy atom. The van der Waals surface area contributed by atoms with E-state index < -0.39 is 53.5 Å². The van der Waals surface area contributed by atoms with E-state index in [1.807, 2.05) is 0 Å². The zero-order valence-corrected chi connectivity index (χ0v) is 24.0. The van der Waals surface area contributed by atoms with Gasteiger partial charge in [-0.15, -0.1) is 10.2 Å². The average Bonchev–Trinajstić information content (AvgIpc) is 3.40. The number of carbonyl (C=O) groups is 3. The van der Waals surface area contributed by atoms with E-state index in [9.17, 15) is 14.4 Å². The average molecular weight is 630 g/mol. The highest BCUT2D eigenvalue weighted by atomic mass is 35.5. The fraction of sp³-hybridized carbons (Fsp3) is 0.269. The quantitative estimate of drug-likeness (QED) is 0.263. The number of pyridine rings is 1. The molecule has 4 heterocycles. The number of anilines is 1. The Hall–Kier alpha value is -5.16. The SMILES string of the molecule is CCN(C(=O)C1(OC(=O)c2cnc(OC)nc2)COC1C(N)=O)c1ncc(-c2cc(Cl)cc(F)c2-c2nnn(C)n2)cc1F. The molecule has 0 bridgehead atoms. The molecule has 3 aromatic heterocycles. The van der Waals surface area contributed by atoms with Crippen molar-refractivity contribution in [1.29, 1.82) is 0 Å². The summed E-state index contributed by atoms with van der Waals surface area (Å²) in [6.07, 6.45) is 1.67. The van der Waals surface area contributed by atoms with Gasteiger partial charge in [0.2, 0.25) is 11.4 Å². The molecule has 1 fully saturated rings. The highest BCUT2D eigenvalue weighted by molar-refractivity contribution is 6.31. The number of aromatic nitrogens is 7. The summed E-state index contributed by atoms with van der Waals surface area (Å²) in [5, 5.41) is 11.6. The van der Waals surface area contributed by atoms with Gasteiger partial charge in [-0.1, -0.05) is 11.6 Å². The third-order valence-electron chi connectivity index (χ3n) is 6.57. The summed E-state index contributed by atoms with van der Waals surface area (Å²) in [6.45, 7) is 0.760. The van der Waals surface area contributed by atoms with E-state index in [1.54, 1.807) is 0 Å². The molecule has 1 aromatic carbocycles. The molecular weight excluding hydrogens is 608 g/mol. The molecule has 0 radical (unpaired) electrons. The predicted octanol–water partition coefficient (Wildman–Crippen LogP) is 1.50. The van der Waals surface area contributed by atoms with Gasteiger partial charge >= 0.3 is 12.0 Å². The molecule has 4 aromatic rings. The summed E-state index contributed by atoms with van der Waals surface area (Å²) in [6, 6.07) is 3.38. The first-order valence-corrected chi connectivity index (χ1v) is 13.1. The third kappa shape index (κ3) is 5.37. The summed E-state index contributed by atoms with van der Waals surface area (Å²) in [7, 11) is 2.81. The van der Waals surface area contributed by atoms with Crippen molar-refractivity contribution in [2.24, 2.45) is 12.8 Å². The Labute approximate surface area is 251 Å². The molecule has 1 aliphatic heterocycles. The fourth-order valence-electron chi connectivity index (χ4n) is 4.49. The highest BCUT2D eigenvalue weighted by Crippen LogP contribution is 2.38. The predicted molar refractivity (Wildman–Crippen MR) is 146 cm³/mol. The summed E-state index contributed by atoms with van der Waals surface area (Å²) in [4.78, 5) is 52.8. The van der Waals surface area contributed by atoms with Crippen LogP contribution in [0.3, 0.4) is 0 Å². The molecule has 1 aliphatic rings. The van der Waals surface area contributed by atoms with Crippen LogP contribution in [0.4, 0.5) is 14.6 Å². The maximum atomic E-state index is 15.7. The highest BCUT2D eigenvalue weighted by Gasteiger charge is 2.63. The first-order valence-electron chi connectivity index (χ1n) is 12.7. The van der Waals surface area contributed by atoms with Crippen LogP contribution in [-0.2, 0) is 26.1 Å². The Kier molecular flexibility index (Phi) is 8.16. The molecule has 18 heteroatoms.